The Kier molecular flexibility index (Phi) is 4.33. The zero-order chi connectivity index (χ0) is 17.4. The first kappa shape index (κ1) is 16.3. The molecule has 2 aromatic rings. The van der Waals surface area contributed by atoms with Gasteiger partial charge in [-0.3, -0.25) is 9.59 Å². The Morgan fingerprint density at radius 2 is 2.16 bits per heavy atom. The number of hydrogen-bond donors (Lipinski definition) is 1. The number of carbonyl (C=O) groups is 2. The highest BCUT2D eigenvalue weighted by atomic mass is 32.1. The number of benzene rings is 1. The van der Waals surface area contributed by atoms with Crippen LogP contribution >= 0.6 is 11.3 Å². The van der Waals surface area contributed by atoms with Crippen LogP contribution in [0.4, 0.5) is 5.13 Å². The Morgan fingerprint density at radius 3 is 2.92 bits per heavy atom. The lowest BCUT2D eigenvalue weighted by Crippen LogP contribution is -2.35. The second kappa shape index (κ2) is 6.63. The number of nitrogens with zero attached hydrogens (tertiary/aromatic N) is 2. The summed E-state index contributed by atoms with van der Waals surface area (Å²) in [7, 11) is 1.62. The number of methoxy groups -OCH3 is 1. The van der Waals surface area contributed by atoms with E-state index in [-0.39, 0.29) is 17.7 Å². The van der Waals surface area contributed by atoms with Crippen molar-refractivity contribution in [2.45, 2.75) is 38.1 Å². The fourth-order valence-corrected chi connectivity index (χ4v) is 4.67. The van der Waals surface area contributed by atoms with E-state index >= 15 is 0 Å². The largest absolute Gasteiger partial charge is 0.497 e. The van der Waals surface area contributed by atoms with E-state index in [4.69, 9.17) is 4.74 Å². The third kappa shape index (κ3) is 3.20. The van der Waals surface area contributed by atoms with Gasteiger partial charge in [0.15, 0.2) is 5.13 Å². The number of nitrogens with one attached hydrogen (secondary N) is 1. The lowest BCUT2D eigenvalue weighted by atomic mass is 10.1. The molecule has 4 rings (SSSR count). The van der Waals surface area contributed by atoms with Crippen molar-refractivity contribution in [3.05, 3.63) is 18.2 Å². The second-order valence-electron chi connectivity index (χ2n) is 6.73. The lowest BCUT2D eigenvalue weighted by molar-refractivity contribution is -0.129. The third-order valence-electron chi connectivity index (χ3n) is 5.12. The molecule has 1 saturated carbocycles. The van der Waals surface area contributed by atoms with E-state index in [1.165, 1.54) is 24.2 Å². The molecular weight excluding hydrogens is 338 g/mol. The quantitative estimate of drug-likeness (QED) is 0.911. The molecule has 7 heteroatoms. The maximum Gasteiger partial charge on any atom is 0.231 e. The van der Waals surface area contributed by atoms with Crippen LogP contribution in [-0.4, -0.2) is 41.4 Å². The smallest absolute Gasteiger partial charge is 0.231 e. The maximum absolute atomic E-state index is 12.6. The molecule has 1 atom stereocenters. The molecule has 1 aromatic heterocycles. The summed E-state index contributed by atoms with van der Waals surface area (Å²) in [5.41, 5.74) is 0.830. The number of aromatic nitrogens is 1. The molecule has 1 saturated heterocycles. The molecule has 0 radical (unpaired) electrons. The highest BCUT2D eigenvalue weighted by molar-refractivity contribution is 7.22. The van der Waals surface area contributed by atoms with Gasteiger partial charge in [-0.05, 0) is 31.0 Å². The topological polar surface area (TPSA) is 71.5 Å². The van der Waals surface area contributed by atoms with Crippen LogP contribution < -0.4 is 10.1 Å². The summed E-state index contributed by atoms with van der Waals surface area (Å²) < 4.78 is 6.18. The summed E-state index contributed by atoms with van der Waals surface area (Å²) >= 11 is 1.42. The number of carbonyl (C=O) groups excluding carboxylic acids is 2. The van der Waals surface area contributed by atoms with Crippen LogP contribution in [-0.2, 0) is 9.59 Å². The number of amides is 2. The van der Waals surface area contributed by atoms with Gasteiger partial charge in [0.1, 0.15) is 5.75 Å². The molecule has 0 spiro atoms. The summed E-state index contributed by atoms with van der Waals surface area (Å²) in [5, 5.41) is 3.46. The van der Waals surface area contributed by atoms with Gasteiger partial charge in [0, 0.05) is 19.0 Å². The van der Waals surface area contributed by atoms with Gasteiger partial charge in [0.2, 0.25) is 11.8 Å². The van der Waals surface area contributed by atoms with Crippen LogP contribution in [0.2, 0.25) is 0 Å². The monoisotopic (exact) mass is 359 g/mol. The second-order valence-corrected chi connectivity index (χ2v) is 7.76. The van der Waals surface area contributed by atoms with E-state index < -0.39 is 0 Å². The van der Waals surface area contributed by atoms with Gasteiger partial charge < -0.3 is 15.0 Å². The van der Waals surface area contributed by atoms with Gasteiger partial charge in [-0.25, -0.2) is 4.98 Å². The fraction of sp³-hybridized carbons (Fsp3) is 0.500. The van der Waals surface area contributed by atoms with Gasteiger partial charge >= 0.3 is 0 Å². The summed E-state index contributed by atoms with van der Waals surface area (Å²) in [6.45, 7) is 0.536. The predicted molar refractivity (Wildman–Crippen MR) is 96.9 cm³/mol. The minimum atomic E-state index is -0.283. The molecule has 1 N–H and O–H groups in total. The Labute approximate surface area is 150 Å². The van der Waals surface area contributed by atoms with E-state index in [0.29, 0.717) is 24.1 Å². The van der Waals surface area contributed by atoms with Crippen molar-refractivity contribution >= 4 is 38.5 Å². The van der Waals surface area contributed by atoms with Gasteiger partial charge in [-0.15, -0.1) is 0 Å². The summed E-state index contributed by atoms with van der Waals surface area (Å²) in [6, 6.07) is 5.97. The molecule has 2 fully saturated rings. The molecule has 2 aliphatic rings. The van der Waals surface area contributed by atoms with E-state index in [0.717, 1.165) is 28.8 Å². The average Bonchev–Trinajstić information content (AvgIpc) is 3.32. The fourth-order valence-electron chi connectivity index (χ4n) is 3.77. The number of hydrogen-bond acceptors (Lipinski definition) is 5. The molecular formula is C18H21N3O3S. The number of ether oxygens (including phenoxy) is 1. The van der Waals surface area contributed by atoms with E-state index in [1.54, 1.807) is 7.11 Å². The number of thiazole rings is 1. The molecule has 132 valence electrons. The highest BCUT2D eigenvalue weighted by Gasteiger charge is 2.38. The van der Waals surface area contributed by atoms with Crippen LogP contribution in [0.1, 0.15) is 32.1 Å². The van der Waals surface area contributed by atoms with Crippen LogP contribution in [0.3, 0.4) is 0 Å². The Hall–Kier alpha value is -2.15. The Morgan fingerprint density at radius 1 is 1.36 bits per heavy atom. The normalized spacial score (nSPS) is 21.2. The SMILES string of the molecule is COc1ccc2nc(NC(=O)[C@H]3CC(=O)N(C4CCCC4)C3)sc2c1. The number of anilines is 1. The predicted octanol–water partition coefficient (Wildman–Crippen LogP) is 3.03. The van der Waals surface area contributed by atoms with Gasteiger partial charge in [-0.1, -0.05) is 24.2 Å². The zero-order valence-electron chi connectivity index (χ0n) is 14.2. The molecule has 25 heavy (non-hydrogen) atoms. The van der Waals surface area contributed by atoms with Gasteiger partial charge in [0.05, 0.1) is 23.2 Å². The van der Waals surface area contributed by atoms with Crippen molar-refractivity contribution in [1.29, 1.82) is 0 Å². The third-order valence-corrected chi connectivity index (χ3v) is 6.05. The van der Waals surface area contributed by atoms with Crippen LogP contribution in [0.25, 0.3) is 10.2 Å². The maximum atomic E-state index is 12.6. The van der Waals surface area contributed by atoms with Crippen molar-refractivity contribution in [3.63, 3.8) is 0 Å². The van der Waals surface area contributed by atoms with Crippen LogP contribution in [0.5, 0.6) is 5.75 Å². The van der Waals surface area contributed by atoms with Crippen molar-refractivity contribution in [2.24, 2.45) is 5.92 Å². The van der Waals surface area contributed by atoms with Crippen molar-refractivity contribution in [3.8, 4) is 5.75 Å². The van der Waals surface area contributed by atoms with Gasteiger partial charge in [-0.2, -0.15) is 0 Å². The number of rotatable bonds is 4. The number of fused-ring (bicyclic) bond motifs is 1. The highest BCUT2D eigenvalue weighted by Crippen LogP contribution is 2.32. The Bertz CT molecular complexity index is 813. The Balaban J connectivity index is 1.44. The van der Waals surface area contributed by atoms with E-state index in [2.05, 4.69) is 10.3 Å². The summed E-state index contributed by atoms with van der Waals surface area (Å²) in [4.78, 5) is 31.2. The van der Waals surface area contributed by atoms with Crippen molar-refractivity contribution < 1.29 is 14.3 Å². The molecule has 1 aromatic carbocycles. The minimum Gasteiger partial charge on any atom is -0.497 e. The molecule has 2 heterocycles. The first-order valence-corrected chi connectivity index (χ1v) is 9.50. The molecule has 1 aliphatic heterocycles. The molecule has 6 nitrogen and oxygen atoms in total. The summed E-state index contributed by atoms with van der Waals surface area (Å²) in [5.74, 6) is 0.484. The van der Waals surface area contributed by atoms with E-state index in [9.17, 15) is 9.59 Å². The lowest BCUT2D eigenvalue weighted by Gasteiger charge is -2.23. The first-order chi connectivity index (χ1) is 12.1. The molecule has 1 aliphatic carbocycles. The van der Waals surface area contributed by atoms with Crippen LogP contribution in [0.15, 0.2) is 18.2 Å². The van der Waals surface area contributed by atoms with E-state index in [1.807, 2.05) is 23.1 Å². The number of likely N-dealkylation sites (tertiary alicyclic amines) is 1. The summed E-state index contributed by atoms with van der Waals surface area (Å²) in [6.07, 6.45) is 4.81. The zero-order valence-corrected chi connectivity index (χ0v) is 15.0. The average molecular weight is 359 g/mol. The molecule has 0 unspecified atom stereocenters. The molecule has 0 bridgehead atoms. The van der Waals surface area contributed by atoms with Crippen molar-refractivity contribution in [2.75, 3.05) is 19.0 Å². The van der Waals surface area contributed by atoms with Crippen LogP contribution in [0, 0.1) is 5.92 Å². The minimum absolute atomic E-state index is 0.111. The standard InChI is InChI=1S/C18H21N3O3S/c1-24-13-6-7-14-15(9-13)25-18(19-14)20-17(23)11-8-16(22)21(10-11)12-4-2-3-5-12/h6-7,9,11-12H,2-5,8,10H2,1H3,(H,19,20,23)/t11-/m0/s1. The molecule has 2 amide bonds. The first-order valence-electron chi connectivity index (χ1n) is 8.69. The van der Waals surface area contributed by atoms with Gasteiger partial charge in [0.25, 0.3) is 0 Å². The van der Waals surface area contributed by atoms with Crippen molar-refractivity contribution in [1.82, 2.24) is 9.88 Å².